The standard InChI is InChI=1S/C16H20N8/c1-2-17-14-4-5-19-16(21-14)23-11-9-22(10-12-23)15-13-3-6-20-24(13)8-7-18-15/h3-8H,2,9-12H2,1H3,(H,17,19,21). The molecule has 0 aliphatic carbocycles. The number of nitrogens with one attached hydrogen (secondary N) is 1. The topological polar surface area (TPSA) is 74.5 Å². The van der Waals surface area contributed by atoms with Gasteiger partial charge in [-0.2, -0.15) is 10.1 Å². The first-order chi connectivity index (χ1) is 11.8. The maximum absolute atomic E-state index is 4.58. The quantitative estimate of drug-likeness (QED) is 0.775. The maximum Gasteiger partial charge on any atom is 0.227 e. The van der Waals surface area contributed by atoms with Gasteiger partial charge in [-0.1, -0.05) is 0 Å². The highest BCUT2D eigenvalue weighted by molar-refractivity contribution is 5.68. The number of piperazine rings is 1. The van der Waals surface area contributed by atoms with Gasteiger partial charge in [-0.05, 0) is 19.1 Å². The number of aromatic nitrogens is 5. The van der Waals surface area contributed by atoms with E-state index in [0.717, 1.165) is 55.8 Å². The van der Waals surface area contributed by atoms with Crippen LogP contribution < -0.4 is 15.1 Å². The first-order valence-corrected chi connectivity index (χ1v) is 8.20. The van der Waals surface area contributed by atoms with Crippen molar-refractivity contribution in [3.63, 3.8) is 0 Å². The summed E-state index contributed by atoms with van der Waals surface area (Å²) in [6.07, 6.45) is 7.28. The Hall–Kier alpha value is -2.90. The smallest absolute Gasteiger partial charge is 0.227 e. The van der Waals surface area contributed by atoms with Crippen LogP contribution in [0.3, 0.4) is 0 Å². The number of hydrogen-bond donors (Lipinski definition) is 1. The Morgan fingerprint density at radius 1 is 1.00 bits per heavy atom. The Kier molecular flexibility index (Phi) is 3.86. The fourth-order valence-electron chi connectivity index (χ4n) is 2.99. The van der Waals surface area contributed by atoms with Gasteiger partial charge in [0.2, 0.25) is 5.95 Å². The van der Waals surface area contributed by atoms with Crippen molar-refractivity contribution in [2.75, 3.05) is 47.8 Å². The van der Waals surface area contributed by atoms with Gasteiger partial charge in [0, 0.05) is 51.3 Å². The SMILES string of the molecule is CCNc1ccnc(N2CCN(c3nccn4nccc34)CC2)n1. The average Bonchev–Trinajstić information content (AvgIpc) is 3.11. The van der Waals surface area contributed by atoms with Crippen LogP contribution in [0.1, 0.15) is 6.92 Å². The molecule has 0 radical (unpaired) electrons. The highest BCUT2D eigenvalue weighted by atomic mass is 15.3. The Bertz CT molecular complexity index is 822. The predicted molar refractivity (Wildman–Crippen MR) is 93.6 cm³/mol. The van der Waals surface area contributed by atoms with Crippen molar-refractivity contribution < 1.29 is 0 Å². The Morgan fingerprint density at radius 3 is 2.67 bits per heavy atom. The van der Waals surface area contributed by atoms with Gasteiger partial charge in [-0.15, -0.1) is 0 Å². The van der Waals surface area contributed by atoms with E-state index in [-0.39, 0.29) is 0 Å². The van der Waals surface area contributed by atoms with Crippen molar-refractivity contribution >= 4 is 23.1 Å². The lowest BCUT2D eigenvalue weighted by molar-refractivity contribution is 0.635. The van der Waals surface area contributed by atoms with Gasteiger partial charge in [0.05, 0.1) is 6.20 Å². The van der Waals surface area contributed by atoms with E-state index in [4.69, 9.17) is 0 Å². The van der Waals surface area contributed by atoms with Crippen LogP contribution in [0.25, 0.3) is 5.52 Å². The first-order valence-electron chi connectivity index (χ1n) is 8.20. The second-order valence-corrected chi connectivity index (χ2v) is 5.66. The summed E-state index contributed by atoms with van der Waals surface area (Å²) in [4.78, 5) is 18.0. The fourth-order valence-corrected chi connectivity index (χ4v) is 2.99. The molecule has 0 unspecified atom stereocenters. The molecule has 0 aromatic carbocycles. The Labute approximate surface area is 140 Å². The van der Waals surface area contributed by atoms with Crippen LogP contribution in [0.15, 0.2) is 36.9 Å². The third-order valence-electron chi connectivity index (χ3n) is 4.17. The molecule has 0 spiro atoms. The van der Waals surface area contributed by atoms with Crippen LogP contribution in [0.4, 0.5) is 17.6 Å². The molecule has 8 heteroatoms. The van der Waals surface area contributed by atoms with E-state index in [1.54, 1.807) is 18.6 Å². The molecule has 0 bridgehead atoms. The summed E-state index contributed by atoms with van der Waals surface area (Å²) in [5, 5.41) is 7.51. The van der Waals surface area contributed by atoms with Crippen molar-refractivity contribution in [1.82, 2.24) is 24.6 Å². The van der Waals surface area contributed by atoms with Crippen molar-refractivity contribution in [1.29, 1.82) is 0 Å². The van der Waals surface area contributed by atoms with Gasteiger partial charge in [0.15, 0.2) is 5.82 Å². The number of nitrogens with zero attached hydrogens (tertiary/aromatic N) is 7. The summed E-state index contributed by atoms with van der Waals surface area (Å²) in [5.74, 6) is 2.64. The van der Waals surface area contributed by atoms with Crippen LogP contribution >= 0.6 is 0 Å². The summed E-state index contributed by atoms with van der Waals surface area (Å²) in [6, 6.07) is 3.89. The van der Waals surface area contributed by atoms with Crippen molar-refractivity contribution in [2.24, 2.45) is 0 Å². The molecule has 3 aromatic rings. The fraction of sp³-hybridized carbons (Fsp3) is 0.375. The summed E-state index contributed by atoms with van der Waals surface area (Å²) in [6.45, 7) is 6.41. The van der Waals surface area contributed by atoms with E-state index in [0.29, 0.717) is 0 Å². The van der Waals surface area contributed by atoms with E-state index >= 15 is 0 Å². The van der Waals surface area contributed by atoms with Crippen LogP contribution in [-0.2, 0) is 0 Å². The summed E-state index contributed by atoms with van der Waals surface area (Å²) < 4.78 is 1.86. The van der Waals surface area contributed by atoms with Gasteiger partial charge < -0.3 is 15.1 Å². The zero-order valence-electron chi connectivity index (χ0n) is 13.6. The largest absolute Gasteiger partial charge is 0.370 e. The lowest BCUT2D eigenvalue weighted by atomic mass is 10.3. The molecule has 4 rings (SSSR count). The minimum Gasteiger partial charge on any atom is -0.370 e. The number of hydrogen-bond acceptors (Lipinski definition) is 7. The van der Waals surface area contributed by atoms with E-state index in [1.807, 2.05) is 22.8 Å². The minimum absolute atomic E-state index is 0.781. The normalized spacial score (nSPS) is 15.0. The van der Waals surface area contributed by atoms with Crippen molar-refractivity contribution in [2.45, 2.75) is 6.92 Å². The van der Waals surface area contributed by atoms with Gasteiger partial charge in [-0.3, -0.25) is 0 Å². The van der Waals surface area contributed by atoms with Gasteiger partial charge in [0.25, 0.3) is 0 Å². The first kappa shape index (κ1) is 14.7. The zero-order chi connectivity index (χ0) is 16.4. The molecule has 124 valence electrons. The van der Waals surface area contributed by atoms with Crippen LogP contribution in [0.5, 0.6) is 0 Å². The third kappa shape index (κ3) is 2.70. The molecule has 1 aliphatic heterocycles. The highest BCUT2D eigenvalue weighted by Gasteiger charge is 2.21. The van der Waals surface area contributed by atoms with E-state index < -0.39 is 0 Å². The van der Waals surface area contributed by atoms with E-state index in [9.17, 15) is 0 Å². The van der Waals surface area contributed by atoms with Crippen molar-refractivity contribution in [3.05, 3.63) is 36.9 Å². The molecular weight excluding hydrogens is 304 g/mol. The second kappa shape index (κ2) is 6.31. The summed E-state index contributed by atoms with van der Waals surface area (Å²) >= 11 is 0. The lowest BCUT2D eigenvalue weighted by Gasteiger charge is -2.35. The van der Waals surface area contributed by atoms with Crippen LogP contribution in [0, 0.1) is 0 Å². The second-order valence-electron chi connectivity index (χ2n) is 5.66. The van der Waals surface area contributed by atoms with Crippen molar-refractivity contribution in [3.8, 4) is 0 Å². The number of fused-ring (bicyclic) bond motifs is 1. The van der Waals surface area contributed by atoms with E-state index in [2.05, 4.69) is 42.1 Å². The number of rotatable bonds is 4. The molecule has 0 atom stereocenters. The minimum atomic E-state index is 0.781. The third-order valence-corrected chi connectivity index (χ3v) is 4.17. The monoisotopic (exact) mass is 324 g/mol. The molecule has 8 nitrogen and oxygen atoms in total. The van der Waals surface area contributed by atoms with E-state index in [1.165, 1.54) is 0 Å². The van der Waals surface area contributed by atoms with Crippen LogP contribution in [-0.4, -0.2) is 57.3 Å². The van der Waals surface area contributed by atoms with Gasteiger partial charge in [0.1, 0.15) is 11.3 Å². The summed E-state index contributed by atoms with van der Waals surface area (Å²) in [7, 11) is 0. The molecule has 4 heterocycles. The lowest BCUT2D eigenvalue weighted by Crippen LogP contribution is -2.47. The van der Waals surface area contributed by atoms with Gasteiger partial charge >= 0.3 is 0 Å². The molecule has 1 N–H and O–H groups in total. The molecule has 1 saturated heterocycles. The molecule has 24 heavy (non-hydrogen) atoms. The molecule has 0 amide bonds. The molecular formula is C16H20N8. The molecule has 0 saturated carbocycles. The molecule has 3 aromatic heterocycles. The zero-order valence-corrected chi connectivity index (χ0v) is 13.6. The predicted octanol–water partition coefficient (Wildman–Crippen LogP) is 1.28. The van der Waals surface area contributed by atoms with Crippen LogP contribution in [0.2, 0.25) is 0 Å². The average molecular weight is 324 g/mol. The molecule has 1 aliphatic rings. The van der Waals surface area contributed by atoms with Gasteiger partial charge in [-0.25, -0.2) is 14.5 Å². The summed E-state index contributed by atoms with van der Waals surface area (Å²) in [5.41, 5.74) is 1.04. The molecule has 1 fully saturated rings. The Morgan fingerprint density at radius 2 is 1.83 bits per heavy atom. The number of anilines is 3. The highest BCUT2D eigenvalue weighted by Crippen LogP contribution is 2.21. The Balaban J connectivity index is 1.49. The maximum atomic E-state index is 4.58.